The Kier molecular flexibility index (Phi) is 2.48. The van der Waals surface area contributed by atoms with Gasteiger partial charge in [0.05, 0.1) is 11.9 Å². The Hall–Kier alpha value is -2.36. The molecule has 0 unspecified atom stereocenters. The molecule has 0 amide bonds. The minimum absolute atomic E-state index is 0.326. The van der Waals surface area contributed by atoms with Crippen LogP contribution >= 0.6 is 0 Å². The maximum Gasteiger partial charge on any atom is 0.165 e. The van der Waals surface area contributed by atoms with Crippen LogP contribution < -0.4 is 4.90 Å². The van der Waals surface area contributed by atoms with E-state index >= 15 is 0 Å². The van der Waals surface area contributed by atoms with Crippen molar-refractivity contribution in [3.63, 3.8) is 0 Å². The molecule has 0 spiro atoms. The largest absolute Gasteiger partial charge is 0.346 e. The van der Waals surface area contributed by atoms with Gasteiger partial charge in [0.15, 0.2) is 5.82 Å². The predicted molar refractivity (Wildman–Crippen MR) is 70.6 cm³/mol. The van der Waals surface area contributed by atoms with Gasteiger partial charge in [0.2, 0.25) is 0 Å². The van der Waals surface area contributed by atoms with Crippen LogP contribution in [0.3, 0.4) is 0 Å². The fraction of sp³-hybridized carbons (Fsp3) is 0.0714. The van der Waals surface area contributed by atoms with Gasteiger partial charge < -0.3 is 9.88 Å². The molecule has 3 rings (SSSR count). The SMILES string of the molecule is CN(c1ccccc1)c1c(F)cnc2[nH]ccc12. The summed E-state index contributed by atoms with van der Waals surface area (Å²) in [6.07, 6.45) is 3.01. The van der Waals surface area contributed by atoms with Crippen molar-refractivity contribution in [3.05, 3.63) is 54.6 Å². The number of halogens is 1. The van der Waals surface area contributed by atoms with E-state index in [0.29, 0.717) is 11.3 Å². The molecule has 0 saturated carbocycles. The lowest BCUT2D eigenvalue weighted by Crippen LogP contribution is -2.11. The normalized spacial score (nSPS) is 10.8. The summed E-state index contributed by atoms with van der Waals surface area (Å²) < 4.78 is 14.0. The first-order valence-electron chi connectivity index (χ1n) is 5.68. The van der Waals surface area contributed by atoms with E-state index in [1.807, 2.05) is 48.3 Å². The number of hydrogen-bond acceptors (Lipinski definition) is 2. The lowest BCUT2D eigenvalue weighted by Gasteiger charge is -2.20. The van der Waals surface area contributed by atoms with Crippen molar-refractivity contribution in [2.75, 3.05) is 11.9 Å². The third-order valence-corrected chi connectivity index (χ3v) is 2.99. The van der Waals surface area contributed by atoms with Gasteiger partial charge in [-0.2, -0.15) is 0 Å². The number of aromatic nitrogens is 2. The number of benzene rings is 1. The van der Waals surface area contributed by atoms with E-state index in [4.69, 9.17) is 0 Å². The van der Waals surface area contributed by atoms with Crippen LogP contribution in [0.1, 0.15) is 0 Å². The van der Waals surface area contributed by atoms with Gasteiger partial charge >= 0.3 is 0 Å². The van der Waals surface area contributed by atoms with Gasteiger partial charge in [-0.15, -0.1) is 0 Å². The number of anilines is 2. The summed E-state index contributed by atoms with van der Waals surface area (Å²) in [7, 11) is 1.85. The van der Waals surface area contributed by atoms with Crippen LogP contribution in [0.15, 0.2) is 48.8 Å². The Labute approximate surface area is 104 Å². The first-order chi connectivity index (χ1) is 8.77. The molecule has 1 aromatic carbocycles. The van der Waals surface area contributed by atoms with Crippen molar-refractivity contribution in [2.45, 2.75) is 0 Å². The summed E-state index contributed by atoms with van der Waals surface area (Å²) in [6, 6.07) is 11.5. The van der Waals surface area contributed by atoms with E-state index in [1.165, 1.54) is 6.20 Å². The molecule has 4 heteroatoms. The maximum atomic E-state index is 14.0. The molecule has 0 aliphatic carbocycles. The molecule has 2 aromatic heterocycles. The molecule has 3 nitrogen and oxygen atoms in total. The molecule has 90 valence electrons. The molecule has 0 aliphatic heterocycles. The number of H-pyrrole nitrogens is 1. The number of rotatable bonds is 2. The average molecular weight is 241 g/mol. The summed E-state index contributed by atoms with van der Waals surface area (Å²) in [6.45, 7) is 0. The number of fused-ring (bicyclic) bond motifs is 1. The Morgan fingerprint density at radius 3 is 2.72 bits per heavy atom. The molecule has 0 atom stereocenters. The summed E-state index contributed by atoms with van der Waals surface area (Å²) in [5.41, 5.74) is 2.16. The number of nitrogens with zero attached hydrogens (tertiary/aromatic N) is 2. The smallest absolute Gasteiger partial charge is 0.165 e. The third-order valence-electron chi connectivity index (χ3n) is 2.99. The third kappa shape index (κ3) is 1.62. The lowest BCUT2D eigenvalue weighted by atomic mass is 10.2. The first-order valence-corrected chi connectivity index (χ1v) is 5.68. The Bertz CT molecular complexity index is 676. The maximum absolute atomic E-state index is 14.0. The molecule has 0 aliphatic rings. The minimum atomic E-state index is -0.326. The quantitative estimate of drug-likeness (QED) is 0.745. The van der Waals surface area contributed by atoms with Crippen molar-refractivity contribution in [1.29, 1.82) is 0 Å². The van der Waals surface area contributed by atoms with Crippen molar-refractivity contribution in [1.82, 2.24) is 9.97 Å². The summed E-state index contributed by atoms with van der Waals surface area (Å²) in [5, 5.41) is 0.779. The van der Waals surface area contributed by atoms with E-state index in [0.717, 1.165) is 11.1 Å². The van der Waals surface area contributed by atoms with E-state index < -0.39 is 0 Å². The fourth-order valence-electron chi connectivity index (χ4n) is 2.09. The van der Waals surface area contributed by atoms with Crippen LogP contribution in [0.2, 0.25) is 0 Å². The van der Waals surface area contributed by atoms with Crippen LogP contribution in [-0.2, 0) is 0 Å². The molecule has 0 radical (unpaired) electrons. The molecular formula is C14H12FN3. The minimum Gasteiger partial charge on any atom is -0.346 e. The second-order valence-electron chi connectivity index (χ2n) is 4.09. The number of para-hydroxylation sites is 1. The van der Waals surface area contributed by atoms with Crippen LogP contribution in [0.4, 0.5) is 15.8 Å². The van der Waals surface area contributed by atoms with Gasteiger partial charge in [-0.1, -0.05) is 18.2 Å². The van der Waals surface area contributed by atoms with Crippen LogP contribution in [0.5, 0.6) is 0 Å². The lowest BCUT2D eigenvalue weighted by molar-refractivity contribution is 0.624. The molecule has 3 aromatic rings. The summed E-state index contributed by atoms with van der Waals surface area (Å²) in [4.78, 5) is 8.84. The molecule has 1 N–H and O–H groups in total. The average Bonchev–Trinajstić information content (AvgIpc) is 2.87. The van der Waals surface area contributed by atoms with Gasteiger partial charge in [-0.25, -0.2) is 9.37 Å². The van der Waals surface area contributed by atoms with E-state index in [9.17, 15) is 4.39 Å². The van der Waals surface area contributed by atoms with Gasteiger partial charge in [0, 0.05) is 24.3 Å². The summed E-state index contributed by atoms with van der Waals surface area (Å²) in [5.74, 6) is -0.326. The Morgan fingerprint density at radius 2 is 1.94 bits per heavy atom. The van der Waals surface area contributed by atoms with Gasteiger partial charge in [-0.05, 0) is 18.2 Å². The predicted octanol–water partition coefficient (Wildman–Crippen LogP) is 3.47. The fourth-order valence-corrected chi connectivity index (χ4v) is 2.09. The highest BCUT2D eigenvalue weighted by atomic mass is 19.1. The standard InChI is InChI=1S/C14H12FN3/c1-18(10-5-3-2-4-6-10)13-11-7-8-16-14(11)17-9-12(13)15/h2-9H,1H3,(H,16,17). The molecule has 0 saturated heterocycles. The Morgan fingerprint density at radius 1 is 1.17 bits per heavy atom. The summed E-state index contributed by atoms with van der Waals surface area (Å²) >= 11 is 0. The second kappa shape index (κ2) is 4.14. The monoisotopic (exact) mass is 241 g/mol. The zero-order chi connectivity index (χ0) is 12.5. The van der Waals surface area contributed by atoms with Crippen LogP contribution in [0, 0.1) is 5.82 Å². The Balaban J connectivity index is 2.19. The molecular weight excluding hydrogens is 229 g/mol. The van der Waals surface area contributed by atoms with Crippen molar-refractivity contribution in [3.8, 4) is 0 Å². The number of pyridine rings is 1. The highest BCUT2D eigenvalue weighted by Crippen LogP contribution is 2.31. The topological polar surface area (TPSA) is 31.9 Å². The first kappa shape index (κ1) is 10.8. The van der Waals surface area contributed by atoms with Crippen molar-refractivity contribution in [2.24, 2.45) is 0 Å². The number of nitrogens with one attached hydrogen (secondary N) is 1. The van der Waals surface area contributed by atoms with Crippen LogP contribution in [0.25, 0.3) is 11.0 Å². The van der Waals surface area contributed by atoms with Crippen molar-refractivity contribution < 1.29 is 4.39 Å². The van der Waals surface area contributed by atoms with Crippen molar-refractivity contribution >= 4 is 22.4 Å². The van der Waals surface area contributed by atoms with Gasteiger partial charge in [0.25, 0.3) is 0 Å². The molecule has 0 fully saturated rings. The number of hydrogen-bond donors (Lipinski definition) is 1. The zero-order valence-corrected chi connectivity index (χ0v) is 9.89. The van der Waals surface area contributed by atoms with E-state index in [2.05, 4.69) is 9.97 Å². The van der Waals surface area contributed by atoms with E-state index in [1.54, 1.807) is 6.20 Å². The second-order valence-corrected chi connectivity index (χ2v) is 4.09. The zero-order valence-electron chi connectivity index (χ0n) is 9.89. The molecule has 2 heterocycles. The van der Waals surface area contributed by atoms with Gasteiger partial charge in [0.1, 0.15) is 5.65 Å². The van der Waals surface area contributed by atoms with E-state index in [-0.39, 0.29) is 5.82 Å². The molecule has 18 heavy (non-hydrogen) atoms. The number of aromatic amines is 1. The highest BCUT2D eigenvalue weighted by molar-refractivity contribution is 5.92. The van der Waals surface area contributed by atoms with Crippen LogP contribution in [-0.4, -0.2) is 17.0 Å². The van der Waals surface area contributed by atoms with Gasteiger partial charge in [-0.3, -0.25) is 0 Å². The molecule has 0 bridgehead atoms. The highest BCUT2D eigenvalue weighted by Gasteiger charge is 2.14.